The third-order valence-corrected chi connectivity index (χ3v) is 3.23. The molecular weight excluding hydrogens is 250 g/mol. The lowest BCUT2D eigenvalue weighted by atomic mass is 10.3. The Morgan fingerprint density at radius 2 is 2.00 bits per heavy atom. The summed E-state index contributed by atoms with van der Waals surface area (Å²) in [4.78, 5) is 0. The van der Waals surface area contributed by atoms with Crippen LogP contribution in [0.15, 0.2) is 0 Å². The molecule has 1 aromatic rings. The number of nitrogens with one attached hydrogen (secondary N) is 1. The number of aryl methyl sites for hydroxylation is 1. The first-order valence-electron chi connectivity index (χ1n) is 6.35. The van der Waals surface area contributed by atoms with Gasteiger partial charge in [-0.15, -0.1) is 10.2 Å². The molecule has 5 nitrogen and oxygen atoms in total. The van der Waals surface area contributed by atoms with Gasteiger partial charge in [-0.05, 0) is 26.8 Å². The number of hydrogen-bond acceptors (Lipinski definition) is 6. The lowest BCUT2D eigenvalue weighted by Crippen LogP contribution is -2.20. The number of ether oxygens (including phenoxy) is 2. The molecule has 104 valence electrons. The third-order valence-electron chi connectivity index (χ3n) is 2.28. The van der Waals surface area contributed by atoms with Gasteiger partial charge in [-0.2, -0.15) is 0 Å². The molecule has 0 bridgehead atoms. The average Bonchev–Trinajstić information content (AvgIpc) is 2.79. The molecule has 1 rings (SSSR count). The predicted octanol–water partition coefficient (Wildman–Crippen LogP) is 1.63. The first kappa shape index (κ1) is 15.5. The molecule has 0 aliphatic heterocycles. The molecule has 0 unspecified atom stereocenters. The van der Waals surface area contributed by atoms with Gasteiger partial charge >= 0.3 is 0 Å². The summed E-state index contributed by atoms with van der Waals surface area (Å²) in [6, 6.07) is 0. The van der Waals surface area contributed by atoms with Crippen molar-refractivity contribution in [2.75, 3.05) is 26.8 Å². The van der Waals surface area contributed by atoms with Crippen LogP contribution in [0.3, 0.4) is 0 Å². The van der Waals surface area contributed by atoms with Crippen LogP contribution in [0.5, 0.6) is 0 Å². The Morgan fingerprint density at radius 1 is 1.22 bits per heavy atom. The highest BCUT2D eigenvalue weighted by Crippen LogP contribution is 2.13. The van der Waals surface area contributed by atoms with Crippen molar-refractivity contribution in [1.82, 2.24) is 15.5 Å². The van der Waals surface area contributed by atoms with E-state index < -0.39 is 0 Å². The predicted molar refractivity (Wildman–Crippen MR) is 72.9 cm³/mol. The normalized spacial score (nSPS) is 11.3. The van der Waals surface area contributed by atoms with Gasteiger partial charge in [0.15, 0.2) is 0 Å². The zero-order chi connectivity index (χ0) is 13.2. The van der Waals surface area contributed by atoms with Crippen LogP contribution >= 0.6 is 11.3 Å². The van der Waals surface area contributed by atoms with Crippen molar-refractivity contribution in [3.05, 3.63) is 10.0 Å². The van der Waals surface area contributed by atoms with Gasteiger partial charge in [0.1, 0.15) is 16.6 Å². The molecule has 0 saturated carbocycles. The molecule has 0 atom stereocenters. The fourth-order valence-electron chi connectivity index (χ4n) is 1.35. The summed E-state index contributed by atoms with van der Waals surface area (Å²) < 4.78 is 10.5. The van der Waals surface area contributed by atoms with E-state index in [0.29, 0.717) is 6.61 Å². The van der Waals surface area contributed by atoms with Gasteiger partial charge in [0.2, 0.25) is 0 Å². The fourth-order valence-corrected chi connectivity index (χ4v) is 2.16. The van der Waals surface area contributed by atoms with Crippen molar-refractivity contribution in [3.8, 4) is 0 Å². The Balaban J connectivity index is 2.11. The number of hydrogen-bond donors (Lipinski definition) is 1. The van der Waals surface area contributed by atoms with Crippen molar-refractivity contribution in [1.29, 1.82) is 0 Å². The van der Waals surface area contributed by atoms with Crippen LogP contribution < -0.4 is 5.32 Å². The molecule has 18 heavy (non-hydrogen) atoms. The van der Waals surface area contributed by atoms with Gasteiger partial charge in [0.25, 0.3) is 0 Å². The minimum atomic E-state index is 0.238. The molecule has 6 heteroatoms. The van der Waals surface area contributed by atoms with Crippen LogP contribution in [-0.4, -0.2) is 43.1 Å². The largest absolute Gasteiger partial charge is 0.383 e. The SMILES string of the molecule is COCCNCCCc1nnc(COC(C)C)s1. The standard InChI is InChI=1S/C12H23N3O2S/c1-10(2)17-9-12-15-14-11(18-12)5-4-6-13-7-8-16-3/h10,13H,4-9H2,1-3H3. The lowest BCUT2D eigenvalue weighted by molar-refractivity contribution is 0.0652. The minimum Gasteiger partial charge on any atom is -0.383 e. The van der Waals surface area contributed by atoms with Crippen LogP contribution in [0.2, 0.25) is 0 Å². The summed E-state index contributed by atoms with van der Waals surface area (Å²) in [6.07, 6.45) is 2.28. The molecule has 0 aliphatic rings. The summed E-state index contributed by atoms with van der Waals surface area (Å²) in [5.74, 6) is 0. The molecule has 0 saturated heterocycles. The highest BCUT2D eigenvalue weighted by Gasteiger charge is 2.05. The molecule has 0 spiro atoms. The van der Waals surface area contributed by atoms with E-state index >= 15 is 0 Å². The first-order valence-corrected chi connectivity index (χ1v) is 7.16. The molecule has 0 aromatic carbocycles. The number of rotatable bonds is 10. The third kappa shape index (κ3) is 7.00. The van der Waals surface area contributed by atoms with Crippen molar-refractivity contribution in [3.63, 3.8) is 0 Å². The molecular formula is C12H23N3O2S. The zero-order valence-corrected chi connectivity index (χ0v) is 12.3. The van der Waals surface area contributed by atoms with E-state index in [2.05, 4.69) is 15.5 Å². The van der Waals surface area contributed by atoms with Crippen LogP contribution in [0, 0.1) is 0 Å². The van der Waals surface area contributed by atoms with Gasteiger partial charge in [-0.25, -0.2) is 0 Å². The van der Waals surface area contributed by atoms with Crippen molar-refractivity contribution in [2.24, 2.45) is 0 Å². The Morgan fingerprint density at radius 3 is 2.72 bits per heavy atom. The maximum atomic E-state index is 5.49. The van der Waals surface area contributed by atoms with Gasteiger partial charge in [-0.3, -0.25) is 0 Å². The maximum Gasteiger partial charge on any atom is 0.143 e. The Bertz CT molecular complexity index is 318. The topological polar surface area (TPSA) is 56.3 Å². The van der Waals surface area contributed by atoms with Crippen LogP contribution in [-0.2, 0) is 22.5 Å². The summed E-state index contributed by atoms with van der Waals surface area (Å²) in [5, 5.41) is 13.6. The zero-order valence-electron chi connectivity index (χ0n) is 11.4. The fraction of sp³-hybridized carbons (Fsp3) is 0.833. The maximum absolute atomic E-state index is 5.49. The molecule has 0 amide bonds. The van der Waals surface area contributed by atoms with Gasteiger partial charge in [0.05, 0.1) is 12.7 Å². The lowest BCUT2D eigenvalue weighted by Gasteiger charge is -2.03. The van der Waals surface area contributed by atoms with Gasteiger partial charge < -0.3 is 14.8 Å². The van der Waals surface area contributed by atoms with Crippen molar-refractivity contribution < 1.29 is 9.47 Å². The van der Waals surface area contributed by atoms with Gasteiger partial charge in [-0.1, -0.05) is 11.3 Å². The molecule has 1 N–H and O–H groups in total. The number of nitrogens with zero attached hydrogens (tertiary/aromatic N) is 2. The second-order valence-electron chi connectivity index (χ2n) is 4.30. The highest BCUT2D eigenvalue weighted by atomic mass is 32.1. The molecule has 0 fully saturated rings. The van der Waals surface area contributed by atoms with Crippen LogP contribution in [0.1, 0.15) is 30.3 Å². The van der Waals surface area contributed by atoms with Crippen LogP contribution in [0.25, 0.3) is 0 Å². The monoisotopic (exact) mass is 273 g/mol. The Hall–Kier alpha value is -0.560. The van der Waals surface area contributed by atoms with E-state index in [0.717, 1.165) is 42.6 Å². The van der Waals surface area contributed by atoms with E-state index in [1.165, 1.54) is 0 Å². The quantitative estimate of drug-likeness (QED) is 0.657. The van der Waals surface area contributed by atoms with Crippen molar-refractivity contribution in [2.45, 2.75) is 39.4 Å². The van der Waals surface area contributed by atoms with E-state index in [4.69, 9.17) is 9.47 Å². The number of methoxy groups -OCH3 is 1. The van der Waals surface area contributed by atoms with Gasteiger partial charge in [0, 0.05) is 20.1 Å². The van der Waals surface area contributed by atoms with E-state index in [-0.39, 0.29) is 6.10 Å². The highest BCUT2D eigenvalue weighted by molar-refractivity contribution is 7.11. The second-order valence-corrected chi connectivity index (χ2v) is 5.44. The molecule has 1 aromatic heterocycles. The molecule has 1 heterocycles. The summed E-state index contributed by atoms with van der Waals surface area (Å²) >= 11 is 1.64. The van der Waals surface area contributed by atoms with E-state index in [1.54, 1.807) is 18.4 Å². The first-order chi connectivity index (χ1) is 8.72. The van der Waals surface area contributed by atoms with Crippen molar-refractivity contribution >= 4 is 11.3 Å². The summed E-state index contributed by atoms with van der Waals surface area (Å²) in [6.45, 7) is 7.26. The second kappa shape index (κ2) is 9.38. The average molecular weight is 273 g/mol. The Labute approximate surface area is 113 Å². The van der Waals surface area contributed by atoms with E-state index in [1.807, 2.05) is 13.8 Å². The summed E-state index contributed by atoms with van der Waals surface area (Å²) in [7, 11) is 1.71. The smallest absolute Gasteiger partial charge is 0.143 e. The summed E-state index contributed by atoms with van der Waals surface area (Å²) in [5.41, 5.74) is 0. The molecule has 0 aliphatic carbocycles. The Kier molecular flexibility index (Phi) is 8.08. The number of aromatic nitrogens is 2. The van der Waals surface area contributed by atoms with Crippen LogP contribution in [0.4, 0.5) is 0 Å². The van der Waals surface area contributed by atoms with E-state index in [9.17, 15) is 0 Å². The minimum absolute atomic E-state index is 0.238. The molecule has 0 radical (unpaired) electrons.